The zero-order valence-electron chi connectivity index (χ0n) is 16.6. The quantitative estimate of drug-likeness (QED) is 0.299. The standard InChI is InChI=1S/C20H38O6/c1-3-5-7-9-11-13-15-25-19(23)17(21)18(22)20(24)26-16-14-12-10-8-6-4-2/h17-18,21-22H,3-16H2,1-2H3/t17-,18-/m1/s1. The zero-order chi connectivity index (χ0) is 19.6. The number of hydrogen-bond donors (Lipinski definition) is 2. The third kappa shape index (κ3) is 13.1. The van der Waals surface area contributed by atoms with Crippen molar-refractivity contribution in [3.8, 4) is 0 Å². The maximum Gasteiger partial charge on any atom is 0.338 e. The summed E-state index contributed by atoms with van der Waals surface area (Å²) in [4.78, 5) is 23.3. The number of unbranched alkanes of at least 4 members (excludes halogenated alkanes) is 10. The van der Waals surface area contributed by atoms with Crippen LogP contribution in [0.4, 0.5) is 0 Å². The highest BCUT2D eigenvalue weighted by atomic mass is 16.6. The minimum Gasteiger partial charge on any atom is -0.464 e. The Hall–Kier alpha value is -1.14. The second-order valence-corrected chi connectivity index (χ2v) is 6.76. The molecule has 0 spiro atoms. The summed E-state index contributed by atoms with van der Waals surface area (Å²) in [5, 5.41) is 19.4. The number of aliphatic hydroxyl groups is 2. The lowest BCUT2D eigenvalue weighted by Gasteiger charge is -2.16. The van der Waals surface area contributed by atoms with E-state index in [0.29, 0.717) is 12.8 Å². The summed E-state index contributed by atoms with van der Waals surface area (Å²) in [5.41, 5.74) is 0. The summed E-state index contributed by atoms with van der Waals surface area (Å²) in [5.74, 6) is -1.97. The lowest BCUT2D eigenvalue weighted by atomic mass is 10.1. The number of hydrogen-bond acceptors (Lipinski definition) is 6. The SMILES string of the molecule is CCCCCCCCOC(=O)[C@H](O)[C@@H](O)C(=O)OCCCCCCCC. The van der Waals surface area contributed by atoms with Crippen molar-refractivity contribution in [2.75, 3.05) is 13.2 Å². The summed E-state index contributed by atoms with van der Waals surface area (Å²) < 4.78 is 9.81. The molecule has 0 bridgehead atoms. The highest BCUT2D eigenvalue weighted by Crippen LogP contribution is 2.07. The van der Waals surface area contributed by atoms with Gasteiger partial charge in [0.15, 0.2) is 12.2 Å². The molecular weight excluding hydrogens is 336 g/mol. The van der Waals surface area contributed by atoms with Gasteiger partial charge in [-0.25, -0.2) is 9.59 Å². The van der Waals surface area contributed by atoms with Gasteiger partial charge < -0.3 is 19.7 Å². The molecule has 0 aromatic heterocycles. The third-order valence-corrected chi connectivity index (χ3v) is 4.27. The van der Waals surface area contributed by atoms with Gasteiger partial charge in [0.25, 0.3) is 0 Å². The molecule has 154 valence electrons. The predicted molar refractivity (Wildman–Crippen MR) is 101 cm³/mol. The van der Waals surface area contributed by atoms with E-state index in [0.717, 1.165) is 38.5 Å². The number of aliphatic hydroxyl groups excluding tert-OH is 2. The fraction of sp³-hybridized carbons (Fsp3) is 0.900. The van der Waals surface area contributed by atoms with Gasteiger partial charge in [0, 0.05) is 0 Å². The van der Waals surface area contributed by atoms with Crippen molar-refractivity contribution in [3.63, 3.8) is 0 Å². The Morgan fingerprint density at radius 3 is 1.27 bits per heavy atom. The van der Waals surface area contributed by atoms with E-state index in [-0.39, 0.29) is 13.2 Å². The van der Waals surface area contributed by atoms with Crippen molar-refractivity contribution < 1.29 is 29.3 Å². The van der Waals surface area contributed by atoms with Gasteiger partial charge in [-0.15, -0.1) is 0 Å². The van der Waals surface area contributed by atoms with Gasteiger partial charge in [-0.3, -0.25) is 0 Å². The van der Waals surface area contributed by atoms with Crippen molar-refractivity contribution in [2.24, 2.45) is 0 Å². The average Bonchev–Trinajstić information content (AvgIpc) is 2.64. The lowest BCUT2D eigenvalue weighted by Crippen LogP contribution is -2.41. The molecule has 2 atom stereocenters. The molecule has 0 aromatic rings. The molecule has 0 aliphatic rings. The van der Waals surface area contributed by atoms with Crippen LogP contribution in [0.2, 0.25) is 0 Å². The van der Waals surface area contributed by atoms with Gasteiger partial charge in [0.2, 0.25) is 0 Å². The van der Waals surface area contributed by atoms with E-state index in [1.54, 1.807) is 0 Å². The van der Waals surface area contributed by atoms with Crippen LogP contribution in [-0.2, 0) is 19.1 Å². The summed E-state index contributed by atoms with van der Waals surface area (Å²) in [6.07, 6.45) is 8.77. The summed E-state index contributed by atoms with van der Waals surface area (Å²) >= 11 is 0. The van der Waals surface area contributed by atoms with Crippen LogP contribution >= 0.6 is 0 Å². The van der Waals surface area contributed by atoms with Gasteiger partial charge >= 0.3 is 11.9 Å². The third-order valence-electron chi connectivity index (χ3n) is 4.27. The van der Waals surface area contributed by atoms with Crippen molar-refractivity contribution in [2.45, 2.75) is 103 Å². The first-order valence-corrected chi connectivity index (χ1v) is 10.2. The Labute approximate surface area is 158 Å². The smallest absolute Gasteiger partial charge is 0.338 e. The van der Waals surface area contributed by atoms with E-state index in [1.165, 1.54) is 25.7 Å². The molecule has 6 nitrogen and oxygen atoms in total. The van der Waals surface area contributed by atoms with E-state index in [4.69, 9.17) is 9.47 Å². The average molecular weight is 375 g/mol. The molecule has 0 saturated carbocycles. The fourth-order valence-electron chi connectivity index (χ4n) is 2.54. The van der Waals surface area contributed by atoms with E-state index >= 15 is 0 Å². The first-order valence-electron chi connectivity index (χ1n) is 10.2. The number of esters is 2. The van der Waals surface area contributed by atoms with Gasteiger partial charge in [-0.1, -0.05) is 78.1 Å². The first kappa shape index (κ1) is 24.9. The van der Waals surface area contributed by atoms with Crippen LogP contribution in [-0.4, -0.2) is 47.6 Å². The second kappa shape index (κ2) is 17.3. The number of rotatable bonds is 17. The molecule has 0 aliphatic heterocycles. The molecule has 0 radical (unpaired) electrons. The zero-order valence-corrected chi connectivity index (χ0v) is 16.6. The predicted octanol–water partition coefficient (Wildman–Crippen LogP) is 3.52. The maximum absolute atomic E-state index is 11.7. The Bertz CT molecular complexity index is 324. The van der Waals surface area contributed by atoms with Gasteiger partial charge in [0.05, 0.1) is 13.2 Å². The topological polar surface area (TPSA) is 93.1 Å². The normalized spacial score (nSPS) is 13.2. The molecule has 2 N–H and O–H groups in total. The van der Waals surface area contributed by atoms with Crippen molar-refractivity contribution in [1.82, 2.24) is 0 Å². The van der Waals surface area contributed by atoms with Crippen LogP contribution in [0.25, 0.3) is 0 Å². The molecule has 6 heteroatoms. The molecule has 0 aromatic carbocycles. The highest BCUT2D eigenvalue weighted by molar-refractivity contribution is 5.85. The van der Waals surface area contributed by atoms with Crippen molar-refractivity contribution >= 4 is 11.9 Å². The van der Waals surface area contributed by atoms with Crippen LogP contribution in [0, 0.1) is 0 Å². The number of carbonyl (C=O) groups is 2. The van der Waals surface area contributed by atoms with E-state index in [9.17, 15) is 19.8 Å². The van der Waals surface area contributed by atoms with E-state index < -0.39 is 24.1 Å². The molecule has 0 saturated heterocycles. The molecule has 0 aliphatic carbocycles. The van der Waals surface area contributed by atoms with Crippen molar-refractivity contribution in [3.05, 3.63) is 0 Å². The molecule has 0 amide bonds. The minimum absolute atomic E-state index is 0.182. The van der Waals surface area contributed by atoms with Crippen LogP contribution in [0.15, 0.2) is 0 Å². The highest BCUT2D eigenvalue weighted by Gasteiger charge is 2.32. The molecule has 0 heterocycles. The molecular formula is C20H38O6. The number of carbonyl (C=O) groups excluding carboxylic acids is 2. The van der Waals surface area contributed by atoms with Gasteiger partial charge in [0.1, 0.15) is 0 Å². The monoisotopic (exact) mass is 374 g/mol. The Kier molecular flexibility index (Phi) is 16.5. The Morgan fingerprint density at radius 2 is 0.923 bits per heavy atom. The second-order valence-electron chi connectivity index (χ2n) is 6.76. The molecule has 0 rings (SSSR count). The van der Waals surface area contributed by atoms with E-state index in [1.807, 2.05) is 0 Å². The van der Waals surface area contributed by atoms with Crippen molar-refractivity contribution in [1.29, 1.82) is 0 Å². The molecule has 0 unspecified atom stereocenters. The summed E-state index contributed by atoms with van der Waals surface area (Å²) in [6.45, 7) is 4.66. The number of ether oxygens (including phenoxy) is 2. The fourth-order valence-corrected chi connectivity index (χ4v) is 2.54. The Morgan fingerprint density at radius 1 is 0.615 bits per heavy atom. The first-order chi connectivity index (χ1) is 12.5. The largest absolute Gasteiger partial charge is 0.464 e. The maximum atomic E-state index is 11.7. The summed E-state index contributed by atoms with van der Waals surface area (Å²) in [6, 6.07) is 0. The van der Waals surface area contributed by atoms with Crippen LogP contribution in [0.1, 0.15) is 90.9 Å². The molecule has 26 heavy (non-hydrogen) atoms. The van der Waals surface area contributed by atoms with Gasteiger partial charge in [-0.2, -0.15) is 0 Å². The Balaban J connectivity index is 3.78. The molecule has 0 fully saturated rings. The lowest BCUT2D eigenvalue weighted by molar-refractivity contribution is -0.173. The van der Waals surface area contributed by atoms with Crippen LogP contribution < -0.4 is 0 Å². The van der Waals surface area contributed by atoms with Crippen LogP contribution in [0.5, 0.6) is 0 Å². The van der Waals surface area contributed by atoms with E-state index in [2.05, 4.69) is 13.8 Å². The van der Waals surface area contributed by atoms with Gasteiger partial charge in [-0.05, 0) is 12.8 Å². The van der Waals surface area contributed by atoms with Crippen LogP contribution in [0.3, 0.4) is 0 Å². The minimum atomic E-state index is -1.90. The summed E-state index contributed by atoms with van der Waals surface area (Å²) in [7, 11) is 0.